The second-order valence-electron chi connectivity index (χ2n) is 2.20. The Morgan fingerprint density at radius 3 is 2.15 bits per heavy atom. The van der Waals surface area contributed by atoms with Gasteiger partial charge in [0.15, 0.2) is 0 Å². The molecule has 13 heavy (non-hydrogen) atoms. The van der Waals surface area contributed by atoms with Crippen molar-refractivity contribution in [3.05, 3.63) is 46.0 Å². The summed E-state index contributed by atoms with van der Waals surface area (Å²) in [7, 11) is 0. The normalized spacial score (nSPS) is 8.38. The van der Waals surface area contributed by atoms with Crippen LogP contribution in [0.5, 0.6) is 0 Å². The summed E-state index contributed by atoms with van der Waals surface area (Å²) >= 11 is 0. The summed E-state index contributed by atoms with van der Waals surface area (Å²) in [5.74, 6) is 0. The van der Waals surface area contributed by atoms with Crippen molar-refractivity contribution < 1.29 is 15.4 Å². The van der Waals surface area contributed by atoms with E-state index < -0.39 is 5.09 Å². The maximum absolute atomic E-state index is 8.52. The van der Waals surface area contributed by atoms with E-state index in [-0.39, 0.29) is 6.61 Å². The molecule has 72 valence electrons. The molecule has 0 radical (unpaired) electrons. The van der Waals surface area contributed by atoms with Gasteiger partial charge in [0.25, 0.3) is 5.09 Å². The molecule has 5 nitrogen and oxygen atoms in total. The van der Waals surface area contributed by atoms with Gasteiger partial charge in [0.05, 0.1) is 0 Å². The molecular formula is C8H11NO4. The van der Waals surface area contributed by atoms with Crippen LogP contribution in [-0.4, -0.2) is 22.0 Å². The van der Waals surface area contributed by atoms with E-state index >= 15 is 0 Å². The minimum absolute atomic E-state index is 0.240. The van der Waals surface area contributed by atoms with E-state index in [1.807, 2.05) is 30.3 Å². The van der Waals surface area contributed by atoms with Gasteiger partial charge in [-0.25, -0.2) is 0 Å². The minimum atomic E-state index is -1.50. The van der Waals surface area contributed by atoms with Crippen LogP contribution in [0, 0.1) is 10.1 Å². The zero-order valence-corrected chi connectivity index (χ0v) is 6.96. The van der Waals surface area contributed by atoms with Crippen LogP contribution in [0.3, 0.4) is 0 Å². The Balaban J connectivity index is 0.000000310. The van der Waals surface area contributed by atoms with Gasteiger partial charge in [-0.2, -0.15) is 0 Å². The van der Waals surface area contributed by atoms with Gasteiger partial charge in [-0.15, -0.1) is 10.1 Å². The van der Waals surface area contributed by atoms with Crippen LogP contribution in [0.4, 0.5) is 0 Å². The van der Waals surface area contributed by atoms with E-state index in [4.69, 9.17) is 20.4 Å². The largest absolute Gasteiger partial charge is 0.396 e. The van der Waals surface area contributed by atoms with Crippen molar-refractivity contribution >= 4 is 0 Å². The molecule has 0 saturated heterocycles. The van der Waals surface area contributed by atoms with Crippen LogP contribution in [0.2, 0.25) is 0 Å². The van der Waals surface area contributed by atoms with Crippen LogP contribution in [0.25, 0.3) is 0 Å². The summed E-state index contributed by atoms with van der Waals surface area (Å²) in [6.07, 6.45) is 0.765. The van der Waals surface area contributed by atoms with Gasteiger partial charge in [0.1, 0.15) is 0 Å². The Morgan fingerprint density at radius 2 is 1.77 bits per heavy atom. The molecule has 0 bridgehead atoms. The van der Waals surface area contributed by atoms with Gasteiger partial charge in [-0.1, -0.05) is 30.3 Å². The predicted octanol–water partition coefficient (Wildman–Crippen LogP) is 0.874. The lowest BCUT2D eigenvalue weighted by atomic mass is 10.2. The molecule has 5 heteroatoms. The smallest absolute Gasteiger partial charge is 0.291 e. The van der Waals surface area contributed by atoms with Crippen molar-refractivity contribution in [2.45, 2.75) is 6.42 Å². The number of hydrogen-bond donors (Lipinski definition) is 2. The van der Waals surface area contributed by atoms with Crippen molar-refractivity contribution in [2.75, 3.05) is 6.61 Å². The van der Waals surface area contributed by atoms with Gasteiger partial charge in [-0.3, -0.25) is 0 Å². The maximum atomic E-state index is 8.52. The molecule has 0 heterocycles. The third-order valence-electron chi connectivity index (χ3n) is 1.24. The molecule has 0 atom stereocenters. The SMILES string of the molecule is O=[N+]([O-])O.OCCc1ccccc1. The lowest BCUT2D eigenvalue weighted by Gasteiger charge is -1.93. The fourth-order valence-electron chi connectivity index (χ4n) is 0.774. The summed E-state index contributed by atoms with van der Waals surface area (Å²) in [5, 5.41) is 22.2. The molecule has 0 aliphatic heterocycles. The predicted molar refractivity (Wildman–Crippen MR) is 46.0 cm³/mol. The van der Waals surface area contributed by atoms with Gasteiger partial charge >= 0.3 is 0 Å². The summed E-state index contributed by atoms with van der Waals surface area (Å²) in [6, 6.07) is 9.95. The fourth-order valence-corrected chi connectivity index (χ4v) is 0.774. The summed E-state index contributed by atoms with van der Waals surface area (Å²) in [4.78, 5) is 8.36. The van der Waals surface area contributed by atoms with E-state index in [0.29, 0.717) is 0 Å². The Bertz CT molecular complexity index is 233. The van der Waals surface area contributed by atoms with Gasteiger partial charge < -0.3 is 10.3 Å². The molecule has 0 fully saturated rings. The first-order valence-corrected chi connectivity index (χ1v) is 3.65. The number of hydrogen-bond acceptors (Lipinski definition) is 3. The van der Waals surface area contributed by atoms with Crippen molar-refractivity contribution in [3.63, 3.8) is 0 Å². The zero-order chi connectivity index (χ0) is 10.1. The molecule has 2 N–H and O–H groups in total. The number of rotatable bonds is 2. The number of aliphatic hydroxyl groups excluding tert-OH is 1. The highest BCUT2D eigenvalue weighted by Gasteiger charge is 1.85. The summed E-state index contributed by atoms with van der Waals surface area (Å²) < 4.78 is 0. The van der Waals surface area contributed by atoms with E-state index in [1.165, 1.54) is 5.56 Å². The molecule has 1 aromatic carbocycles. The molecule has 1 aromatic rings. The monoisotopic (exact) mass is 185 g/mol. The lowest BCUT2D eigenvalue weighted by Crippen LogP contribution is -1.88. The molecule has 0 unspecified atom stereocenters. The summed E-state index contributed by atoms with van der Waals surface area (Å²) in [5.41, 5.74) is 1.19. The Morgan fingerprint density at radius 1 is 1.31 bits per heavy atom. The third-order valence-corrected chi connectivity index (χ3v) is 1.24. The molecule has 1 rings (SSSR count). The number of aliphatic hydroxyl groups is 1. The topological polar surface area (TPSA) is 83.6 Å². The van der Waals surface area contributed by atoms with E-state index in [0.717, 1.165) is 6.42 Å². The van der Waals surface area contributed by atoms with Crippen molar-refractivity contribution in [2.24, 2.45) is 0 Å². The van der Waals surface area contributed by atoms with Crippen LogP contribution in [0.15, 0.2) is 30.3 Å². The molecular weight excluding hydrogens is 174 g/mol. The first-order chi connectivity index (χ1) is 6.16. The number of nitrogens with zero attached hydrogens (tertiary/aromatic N) is 1. The lowest BCUT2D eigenvalue weighted by molar-refractivity contribution is -0.742. The third kappa shape index (κ3) is 8.28. The number of benzene rings is 1. The quantitative estimate of drug-likeness (QED) is 0.529. The summed E-state index contributed by atoms with van der Waals surface area (Å²) in [6.45, 7) is 0.240. The van der Waals surface area contributed by atoms with Crippen molar-refractivity contribution in [1.29, 1.82) is 0 Å². The Hall–Kier alpha value is -1.62. The van der Waals surface area contributed by atoms with Crippen LogP contribution in [0.1, 0.15) is 5.56 Å². The molecule has 0 aliphatic carbocycles. The Labute approximate surface area is 75.4 Å². The van der Waals surface area contributed by atoms with E-state index in [2.05, 4.69) is 0 Å². The van der Waals surface area contributed by atoms with Crippen molar-refractivity contribution in [1.82, 2.24) is 0 Å². The standard InChI is InChI=1S/C8H10O.HNO3/c9-7-6-8-4-2-1-3-5-8;2-1(3)4/h1-5,9H,6-7H2;(H,2,3,4). The Kier molecular flexibility index (Phi) is 6.17. The van der Waals surface area contributed by atoms with Gasteiger partial charge in [-0.05, 0) is 12.0 Å². The molecule has 0 aromatic heterocycles. The first kappa shape index (κ1) is 11.4. The molecule has 0 aliphatic rings. The van der Waals surface area contributed by atoms with Gasteiger partial charge in [0, 0.05) is 6.61 Å². The van der Waals surface area contributed by atoms with E-state index in [9.17, 15) is 0 Å². The molecule has 0 spiro atoms. The zero-order valence-electron chi connectivity index (χ0n) is 6.96. The highest BCUT2D eigenvalue weighted by molar-refractivity contribution is 5.14. The second kappa shape index (κ2) is 7.05. The fraction of sp³-hybridized carbons (Fsp3) is 0.250. The van der Waals surface area contributed by atoms with Gasteiger partial charge in [0.2, 0.25) is 0 Å². The highest BCUT2D eigenvalue weighted by atomic mass is 16.9. The minimum Gasteiger partial charge on any atom is -0.396 e. The molecule has 0 saturated carbocycles. The molecule has 0 amide bonds. The first-order valence-electron chi connectivity index (χ1n) is 3.65. The van der Waals surface area contributed by atoms with Crippen LogP contribution in [-0.2, 0) is 6.42 Å². The average molecular weight is 185 g/mol. The van der Waals surface area contributed by atoms with Crippen molar-refractivity contribution in [3.8, 4) is 0 Å². The van der Waals surface area contributed by atoms with Crippen LogP contribution < -0.4 is 0 Å². The average Bonchev–Trinajstić information content (AvgIpc) is 2.06. The van der Waals surface area contributed by atoms with E-state index in [1.54, 1.807) is 0 Å². The van der Waals surface area contributed by atoms with Crippen LogP contribution >= 0.6 is 0 Å². The second-order valence-corrected chi connectivity index (χ2v) is 2.20. The highest BCUT2D eigenvalue weighted by Crippen LogP contribution is 1.97. The maximum Gasteiger partial charge on any atom is 0.291 e.